The van der Waals surface area contributed by atoms with Crippen LogP contribution in [0.5, 0.6) is 0 Å². The summed E-state index contributed by atoms with van der Waals surface area (Å²) in [5, 5.41) is 9.10. The zero-order chi connectivity index (χ0) is 37.2. The van der Waals surface area contributed by atoms with E-state index in [1.54, 1.807) is 12.4 Å². The average Bonchev–Trinajstić information content (AvgIpc) is 3.91. The molecule has 3 aliphatic heterocycles. The molecule has 3 aliphatic rings. The Kier molecular flexibility index (Phi) is 11.7. The van der Waals surface area contributed by atoms with Crippen LogP contribution in [-0.4, -0.2) is 37.3 Å². The number of hydrogen-bond donors (Lipinski definition) is 1. The molecule has 6 heterocycles. The Hall–Kier alpha value is -6.55. The van der Waals surface area contributed by atoms with Crippen molar-refractivity contribution >= 4 is 57.2 Å². The molecule has 7 aromatic rings. The summed E-state index contributed by atoms with van der Waals surface area (Å²) in [5.41, 5.74) is 18.8. The molecule has 10 heteroatoms. The van der Waals surface area contributed by atoms with E-state index in [0.717, 1.165) is 45.9 Å². The van der Waals surface area contributed by atoms with Gasteiger partial charge in [-0.1, -0.05) is 73.5 Å². The molecule has 0 bridgehead atoms. The van der Waals surface area contributed by atoms with Gasteiger partial charge in [0.2, 0.25) is 0 Å². The van der Waals surface area contributed by atoms with Gasteiger partial charge in [-0.3, -0.25) is 24.9 Å². The molecule has 10 nitrogen and oxygen atoms in total. The first-order valence-corrected chi connectivity index (χ1v) is 17.5. The summed E-state index contributed by atoms with van der Waals surface area (Å²) in [6, 6.07) is 30.8. The third-order valence-electron chi connectivity index (χ3n) is 8.64. The Bertz CT molecular complexity index is 2360. The van der Waals surface area contributed by atoms with Crippen LogP contribution in [0.25, 0.3) is 21.9 Å². The van der Waals surface area contributed by atoms with Crippen molar-refractivity contribution < 1.29 is 0 Å². The number of pyridine rings is 1. The largest absolute Gasteiger partial charge is 0.382 e. The van der Waals surface area contributed by atoms with Crippen molar-refractivity contribution in [1.29, 1.82) is 0 Å². The SMILES string of the molecule is CC1C=Nc2c(N)ncnc21.CC1C=Nc2ccccc21.Cc1ccc2c(c1)CN=N2.Cc1ccc2ncccc2c1.Cc1ccc2nccnc2c1. The van der Waals surface area contributed by atoms with E-state index in [4.69, 9.17) is 5.73 Å². The molecule has 10 rings (SSSR count). The third-order valence-corrected chi connectivity index (χ3v) is 8.64. The first-order valence-electron chi connectivity index (χ1n) is 17.5. The first-order chi connectivity index (χ1) is 25.7. The van der Waals surface area contributed by atoms with Crippen molar-refractivity contribution in [3.8, 4) is 0 Å². The van der Waals surface area contributed by atoms with Gasteiger partial charge in [0.05, 0.1) is 40.2 Å². The van der Waals surface area contributed by atoms with Crippen LogP contribution in [0.3, 0.4) is 0 Å². The number of nitrogen functional groups attached to an aromatic ring is 1. The topological polar surface area (TPSA) is 140 Å². The lowest BCUT2D eigenvalue weighted by Crippen LogP contribution is -1.96. The number of nitrogens with two attached hydrogens (primary N) is 1. The van der Waals surface area contributed by atoms with Crippen LogP contribution >= 0.6 is 0 Å². The number of anilines is 1. The van der Waals surface area contributed by atoms with Crippen molar-refractivity contribution in [3.63, 3.8) is 0 Å². The van der Waals surface area contributed by atoms with E-state index in [-0.39, 0.29) is 5.92 Å². The molecule has 0 saturated carbocycles. The minimum Gasteiger partial charge on any atom is -0.382 e. The van der Waals surface area contributed by atoms with Crippen molar-refractivity contribution in [2.45, 2.75) is 53.0 Å². The number of nitrogens with zero attached hydrogens (tertiary/aromatic N) is 9. The average molecular weight is 699 g/mol. The fourth-order valence-electron chi connectivity index (χ4n) is 5.79. The zero-order valence-electron chi connectivity index (χ0n) is 30.6. The molecule has 2 unspecified atom stereocenters. The molecule has 0 amide bonds. The molecule has 3 aromatic heterocycles. The Morgan fingerprint density at radius 1 is 0.585 bits per heavy atom. The van der Waals surface area contributed by atoms with Crippen LogP contribution in [0.4, 0.5) is 22.9 Å². The lowest BCUT2D eigenvalue weighted by Gasteiger charge is -2.00. The number of aromatic nitrogens is 5. The maximum absolute atomic E-state index is 5.57. The summed E-state index contributed by atoms with van der Waals surface area (Å²) in [6.07, 6.45) is 10.5. The van der Waals surface area contributed by atoms with Crippen LogP contribution in [0, 0.1) is 20.8 Å². The number of fused-ring (bicyclic) bond motifs is 5. The molecule has 4 aromatic carbocycles. The third kappa shape index (κ3) is 9.42. The number of aliphatic imine (C=N–C) groups is 2. The Labute approximate surface area is 309 Å². The summed E-state index contributed by atoms with van der Waals surface area (Å²) >= 11 is 0. The minimum absolute atomic E-state index is 0.273. The predicted octanol–water partition coefficient (Wildman–Crippen LogP) is 10.5. The lowest BCUT2D eigenvalue weighted by molar-refractivity contribution is 0.974. The van der Waals surface area contributed by atoms with Crippen LogP contribution in [0.1, 0.15) is 59.2 Å². The van der Waals surface area contributed by atoms with E-state index in [9.17, 15) is 0 Å². The highest BCUT2D eigenvalue weighted by Gasteiger charge is 2.18. The summed E-state index contributed by atoms with van der Waals surface area (Å²) in [7, 11) is 0. The van der Waals surface area contributed by atoms with Crippen LogP contribution < -0.4 is 5.73 Å². The quantitative estimate of drug-likeness (QED) is 0.167. The van der Waals surface area contributed by atoms with E-state index in [1.165, 1.54) is 39.5 Å². The molecule has 0 saturated heterocycles. The van der Waals surface area contributed by atoms with Gasteiger partial charge in [-0.2, -0.15) is 10.2 Å². The van der Waals surface area contributed by atoms with E-state index in [1.807, 2.05) is 74.9 Å². The summed E-state index contributed by atoms with van der Waals surface area (Å²) in [6.45, 7) is 11.2. The smallest absolute Gasteiger partial charge is 0.153 e. The Morgan fingerprint density at radius 3 is 2.09 bits per heavy atom. The van der Waals surface area contributed by atoms with Gasteiger partial charge in [-0.05, 0) is 74.4 Å². The summed E-state index contributed by atoms with van der Waals surface area (Å²) in [4.78, 5) is 28.8. The highest BCUT2D eigenvalue weighted by atomic mass is 15.1. The van der Waals surface area contributed by atoms with E-state index in [0.29, 0.717) is 11.7 Å². The standard InChI is InChI=1S/C10H9N.C9H8N2.C9H9N.C8H8N2.C7H8N4/c1-8-4-5-10-9(7-8)3-2-6-11-10;1-7-2-3-8-9(6-7)11-5-4-10-8;1-7-6-10-9-5-3-2-4-8(7)9;1-6-2-3-8-7(4-6)5-9-10-8;1-4-2-9-6-5(4)10-3-11-7(6)8/h2-7H,1H3;2-6H,1H3;2-7H,1H3;2-4H,5H2,1H3;2-4H,1H3,(H2,8,10,11). The molecular formula is C43H42N10. The van der Waals surface area contributed by atoms with Crippen LogP contribution in [-0.2, 0) is 6.54 Å². The molecular weight excluding hydrogens is 657 g/mol. The maximum Gasteiger partial charge on any atom is 0.153 e. The van der Waals surface area contributed by atoms with Crippen molar-refractivity contribution in [2.24, 2.45) is 20.2 Å². The molecule has 0 aliphatic carbocycles. The molecule has 264 valence electrons. The second kappa shape index (κ2) is 17.1. The lowest BCUT2D eigenvalue weighted by atomic mass is 10.0. The first kappa shape index (κ1) is 36.2. The van der Waals surface area contributed by atoms with Gasteiger partial charge in [0.25, 0.3) is 0 Å². The number of azo groups is 1. The van der Waals surface area contributed by atoms with Gasteiger partial charge < -0.3 is 5.73 Å². The molecule has 0 fully saturated rings. The van der Waals surface area contributed by atoms with Gasteiger partial charge in [-0.15, -0.1) is 0 Å². The number of rotatable bonds is 0. The molecule has 53 heavy (non-hydrogen) atoms. The van der Waals surface area contributed by atoms with Gasteiger partial charge in [0.1, 0.15) is 12.0 Å². The monoisotopic (exact) mass is 698 g/mol. The highest BCUT2D eigenvalue weighted by molar-refractivity contribution is 5.83. The Morgan fingerprint density at radius 2 is 1.28 bits per heavy atom. The number of para-hydroxylation sites is 1. The zero-order valence-corrected chi connectivity index (χ0v) is 30.6. The van der Waals surface area contributed by atoms with Gasteiger partial charge >= 0.3 is 0 Å². The maximum atomic E-state index is 5.57. The van der Waals surface area contributed by atoms with Crippen molar-refractivity contribution in [3.05, 3.63) is 149 Å². The molecule has 2 atom stereocenters. The molecule has 0 radical (unpaired) electrons. The summed E-state index contributed by atoms with van der Waals surface area (Å²) in [5.74, 6) is 1.25. The van der Waals surface area contributed by atoms with Gasteiger partial charge in [0, 0.05) is 53.8 Å². The number of hydrogen-bond acceptors (Lipinski definition) is 10. The number of benzene rings is 4. The molecule has 2 N–H and O–H groups in total. The second-order valence-electron chi connectivity index (χ2n) is 13.0. The van der Waals surface area contributed by atoms with Crippen molar-refractivity contribution in [1.82, 2.24) is 24.9 Å². The minimum atomic E-state index is 0.273. The van der Waals surface area contributed by atoms with Gasteiger partial charge in [-0.25, -0.2) is 9.97 Å². The van der Waals surface area contributed by atoms with E-state index in [2.05, 4.69) is 114 Å². The summed E-state index contributed by atoms with van der Waals surface area (Å²) < 4.78 is 0. The Balaban J connectivity index is 0.000000113. The number of aryl methyl sites for hydroxylation is 3. The van der Waals surface area contributed by atoms with E-state index >= 15 is 0 Å². The van der Waals surface area contributed by atoms with Gasteiger partial charge in [0.15, 0.2) is 5.82 Å². The van der Waals surface area contributed by atoms with Crippen LogP contribution in [0.15, 0.2) is 136 Å². The van der Waals surface area contributed by atoms with Crippen LogP contribution in [0.2, 0.25) is 0 Å². The fourth-order valence-corrected chi connectivity index (χ4v) is 5.79. The highest BCUT2D eigenvalue weighted by Crippen LogP contribution is 2.33. The molecule has 0 spiro atoms. The van der Waals surface area contributed by atoms with Crippen molar-refractivity contribution in [2.75, 3.05) is 5.73 Å². The van der Waals surface area contributed by atoms with E-state index < -0.39 is 0 Å². The fraction of sp³-hybridized carbons (Fsp3) is 0.186. The second-order valence-corrected chi connectivity index (χ2v) is 13.0. The predicted molar refractivity (Wildman–Crippen MR) is 216 cm³/mol. The normalized spacial score (nSPS) is 15.0.